The van der Waals surface area contributed by atoms with Crippen LogP contribution in [0.25, 0.3) is 0 Å². The molecule has 2 nitrogen and oxygen atoms in total. The third kappa shape index (κ3) is 3.25. The second-order valence-corrected chi connectivity index (χ2v) is 13.0. The predicted octanol–water partition coefficient (Wildman–Crippen LogP) is 6.75. The van der Waals surface area contributed by atoms with Gasteiger partial charge in [0, 0.05) is 6.42 Å². The Hall–Kier alpha value is -0.370. The number of Topliss-reactive ketones (excluding diaryl/α,β-unsaturated/α-hetero) is 1. The summed E-state index contributed by atoms with van der Waals surface area (Å²) in [6.45, 7) is 17.1. The van der Waals surface area contributed by atoms with Crippen LogP contribution in [0, 0.1) is 64.1 Å². The van der Waals surface area contributed by atoms with E-state index in [1.54, 1.807) is 6.92 Å². The first-order valence-electron chi connectivity index (χ1n) is 13.2. The van der Waals surface area contributed by atoms with Crippen LogP contribution < -0.4 is 0 Å². The van der Waals surface area contributed by atoms with Crippen LogP contribution in [0.4, 0.5) is 0 Å². The summed E-state index contributed by atoms with van der Waals surface area (Å²) < 4.78 is 0. The molecule has 0 aromatic rings. The minimum absolute atomic E-state index is 0.0708. The van der Waals surface area contributed by atoms with Crippen LogP contribution >= 0.6 is 0 Å². The zero-order valence-electron chi connectivity index (χ0n) is 20.8. The van der Waals surface area contributed by atoms with Crippen LogP contribution in [0.2, 0.25) is 0 Å². The van der Waals surface area contributed by atoms with Crippen molar-refractivity contribution in [3.63, 3.8) is 0 Å². The quantitative estimate of drug-likeness (QED) is 0.550. The van der Waals surface area contributed by atoms with Gasteiger partial charge in [0.25, 0.3) is 0 Å². The first kappa shape index (κ1) is 22.8. The molecule has 4 aliphatic carbocycles. The van der Waals surface area contributed by atoms with Crippen molar-refractivity contribution in [2.45, 2.75) is 106 Å². The Balaban J connectivity index is 1.64. The van der Waals surface area contributed by atoms with Crippen molar-refractivity contribution in [2.24, 2.45) is 64.1 Å². The van der Waals surface area contributed by atoms with Crippen molar-refractivity contribution in [1.29, 1.82) is 0 Å². The van der Waals surface area contributed by atoms with Gasteiger partial charge in [-0.1, -0.05) is 41.5 Å². The fourth-order valence-corrected chi connectivity index (χ4v) is 9.97. The Bertz CT molecular complexity index is 657. The Labute approximate surface area is 186 Å². The highest BCUT2D eigenvalue weighted by atomic mass is 16.3. The molecule has 0 aliphatic heterocycles. The maximum Gasteiger partial charge on any atom is 0.129 e. The minimum Gasteiger partial charge on any atom is -0.393 e. The number of carbonyl (C=O) groups excluding carboxylic acids is 1. The second kappa shape index (κ2) is 7.89. The van der Waals surface area contributed by atoms with Crippen LogP contribution in [-0.2, 0) is 4.79 Å². The van der Waals surface area contributed by atoms with Gasteiger partial charge >= 0.3 is 0 Å². The minimum atomic E-state index is -0.0708. The van der Waals surface area contributed by atoms with E-state index in [0.29, 0.717) is 28.4 Å². The summed E-state index contributed by atoms with van der Waals surface area (Å²) in [7, 11) is 0. The predicted molar refractivity (Wildman–Crippen MR) is 124 cm³/mol. The van der Waals surface area contributed by atoms with Crippen molar-refractivity contribution >= 4 is 5.78 Å². The van der Waals surface area contributed by atoms with E-state index in [1.807, 2.05) is 0 Å². The normalized spacial score (nSPS) is 54.1. The molecule has 0 spiro atoms. The molecule has 0 radical (unpaired) electrons. The number of rotatable bonds is 4. The van der Waals surface area contributed by atoms with E-state index >= 15 is 0 Å². The molecule has 2 heteroatoms. The van der Waals surface area contributed by atoms with Gasteiger partial charge in [-0.2, -0.15) is 0 Å². The van der Waals surface area contributed by atoms with Crippen LogP contribution in [-0.4, -0.2) is 17.0 Å². The third-order valence-corrected chi connectivity index (χ3v) is 11.9. The average molecular weight is 417 g/mol. The maximum atomic E-state index is 11.6. The first-order chi connectivity index (χ1) is 14.0. The van der Waals surface area contributed by atoms with E-state index in [0.717, 1.165) is 67.1 Å². The Morgan fingerprint density at radius 2 is 1.70 bits per heavy atom. The molecule has 4 unspecified atom stereocenters. The maximum absolute atomic E-state index is 11.6. The number of fused-ring (bicyclic) bond motifs is 5. The molecule has 4 fully saturated rings. The molecule has 4 rings (SSSR count). The highest BCUT2D eigenvalue weighted by Gasteiger charge is 2.65. The number of ketones is 1. The van der Waals surface area contributed by atoms with E-state index < -0.39 is 0 Å². The smallest absolute Gasteiger partial charge is 0.129 e. The van der Waals surface area contributed by atoms with Gasteiger partial charge in [0.2, 0.25) is 0 Å². The van der Waals surface area contributed by atoms with E-state index in [2.05, 4.69) is 41.5 Å². The fraction of sp³-hybridized carbons (Fsp3) is 0.964. The van der Waals surface area contributed by atoms with Gasteiger partial charge in [-0.3, -0.25) is 0 Å². The molecule has 0 bridgehead atoms. The van der Waals surface area contributed by atoms with E-state index in [1.165, 1.54) is 25.7 Å². The number of hydrogen-bond donors (Lipinski definition) is 1. The van der Waals surface area contributed by atoms with Gasteiger partial charge in [-0.05, 0) is 116 Å². The molecule has 0 aromatic carbocycles. The summed E-state index contributed by atoms with van der Waals surface area (Å²) >= 11 is 0. The van der Waals surface area contributed by atoms with Crippen LogP contribution in [0.15, 0.2) is 0 Å². The summed E-state index contributed by atoms with van der Waals surface area (Å²) in [5, 5.41) is 10.5. The van der Waals surface area contributed by atoms with Crippen LogP contribution in [0.5, 0.6) is 0 Å². The van der Waals surface area contributed by atoms with Crippen molar-refractivity contribution < 1.29 is 9.90 Å². The molecular weight excluding hydrogens is 368 g/mol. The Morgan fingerprint density at radius 3 is 2.37 bits per heavy atom. The van der Waals surface area contributed by atoms with E-state index in [9.17, 15) is 9.90 Å². The zero-order valence-corrected chi connectivity index (χ0v) is 20.8. The van der Waals surface area contributed by atoms with E-state index in [4.69, 9.17) is 0 Å². The zero-order chi connectivity index (χ0) is 22.0. The molecule has 30 heavy (non-hydrogen) atoms. The SMILES string of the molecule is CC(=O)CC[C@@H](C)[C@H]1CC[C@H]2C3C(C)C(C)[C@@H]4C[C@H](O)CC[C@]4(C)[C@H]3CC(C)[C@]12C. The lowest BCUT2D eigenvalue weighted by molar-refractivity contribution is -0.188. The largest absolute Gasteiger partial charge is 0.393 e. The molecule has 4 saturated carbocycles. The fourth-order valence-electron chi connectivity index (χ4n) is 9.97. The van der Waals surface area contributed by atoms with Gasteiger partial charge in [-0.15, -0.1) is 0 Å². The summed E-state index contributed by atoms with van der Waals surface area (Å²) in [6.07, 6.45) is 9.19. The van der Waals surface area contributed by atoms with Crippen LogP contribution in [0.1, 0.15) is 99.8 Å². The summed E-state index contributed by atoms with van der Waals surface area (Å²) in [5.41, 5.74) is 0.854. The molecule has 4 aliphatic rings. The van der Waals surface area contributed by atoms with Crippen molar-refractivity contribution in [3.05, 3.63) is 0 Å². The average Bonchev–Trinajstić information content (AvgIpc) is 3.05. The van der Waals surface area contributed by atoms with Crippen LogP contribution in [0.3, 0.4) is 0 Å². The highest BCUT2D eigenvalue weighted by Crippen LogP contribution is 2.71. The van der Waals surface area contributed by atoms with Gasteiger partial charge in [0.15, 0.2) is 0 Å². The molecule has 0 amide bonds. The highest BCUT2D eigenvalue weighted by molar-refractivity contribution is 5.75. The van der Waals surface area contributed by atoms with Gasteiger partial charge in [0.05, 0.1) is 6.10 Å². The lowest BCUT2D eigenvalue weighted by Crippen LogP contribution is -2.61. The summed E-state index contributed by atoms with van der Waals surface area (Å²) in [4.78, 5) is 11.6. The molecule has 0 aromatic heterocycles. The summed E-state index contributed by atoms with van der Waals surface area (Å²) in [5.74, 6) is 7.26. The number of aliphatic hydroxyl groups is 1. The molecule has 0 heterocycles. The number of carbonyl (C=O) groups is 1. The topological polar surface area (TPSA) is 37.3 Å². The second-order valence-electron chi connectivity index (χ2n) is 13.0. The van der Waals surface area contributed by atoms with E-state index in [-0.39, 0.29) is 6.10 Å². The molecule has 12 atom stereocenters. The molecule has 172 valence electrons. The monoisotopic (exact) mass is 416 g/mol. The molecular formula is C28H48O2. The van der Waals surface area contributed by atoms with Crippen molar-refractivity contribution in [3.8, 4) is 0 Å². The lowest BCUT2D eigenvalue weighted by atomic mass is 9.39. The van der Waals surface area contributed by atoms with Gasteiger partial charge in [0.1, 0.15) is 5.78 Å². The number of aliphatic hydroxyl groups excluding tert-OH is 1. The molecule has 1 N–H and O–H groups in total. The van der Waals surface area contributed by atoms with Gasteiger partial charge in [-0.25, -0.2) is 0 Å². The van der Waals surface area contributed by atoms with Crippen molar-refractivity contribution in [1.82, 2.24) is 0 Å². The standard InChI is InChI=1S/C28H48O2/c1-16(8-9-18(3)29)22-10-11-23-26-20(5)19(4)24-15-21(30)12-13-27(24,6)25(26)14-17(2)28(22,23)7/h16-17,19-26,30H,8-15H2,1-7H3/t16-,17?,19?,20?,21-,22-,23+,24+,25+,26?,27+,28-/m1/s1. The lowest BCUT2D eigenvalue weighted by Gasteiger charge is -2.66. The van der Waals surface area contributed by atoms with Gasteiger partial charge < -0.3 is 9.90 Å². The number of hydrogen-bond acceptors (Lipinski definition) is 2. The first-order valence-corrected chi connectivity index (χ1v) is 13.2. The van der Waals surface area contributed by atoms with Crippen molar-refractivity contribution in [2.75, 3.05) is 0 Å². The third-order valence-electron chi connectivity index (χ3n) is 11.9. The molecule has 0 saturated heterocycles. The summed E-state index contributed by atoms with van der Waals surface area (Å²) in [6, 6.07) is 0. The Morgan fingerprint density at radius 1 is 1.00 bits per heavy atom. The Kier molecular flexibility index (Phi) is 6.00.